The molecule has 0 aliphatic carbocycles. The summed E-state index contributed by atoms with van der Waals surface area (Å²) in [5, 5.41) is 12.3. The number of halogens is 1. The molecule has 0 radical (unpaired) electrons. The maximum atomic E-state index is 12.6. The average Bonchev–Trinajstić information content (AvgIpc) is 3.14. The van der Waals surface area contributed by atoms with E-state index in [1.807, 2.05) is 41.8 Å². The van der Waals surface area contributed by atoms with Crippen LogP contribution in [0.2, 0.25) is 5.02 Å². The van der Waals surface area contributed by atoms with Gasteiger partial charge >= 0.3 is 0 Å². The second kappa shape index (κ2) is 11.2. The van der Waals surface area contributed by atoms with E-state index in [4.69, 9.17) is 16.3 Å². The molecular weight excluding hydrogens is 434 g/mol. The van der Waals surface area contributed by atoms with Crippen LogP contribution in [0.1, 0.15) is 33.0 Å². The van der Waals surface area contributed by atoms with E-state index in [9.17, 15) is 4.79 Å². The molecule has 7 nitrogen and oxygen atoms in total. The zero-order valence-electron chi connectivity index (χ0n) is 17.8. The summed E-state index contributed by atoms with van der Waals surface area (Å²) in [4.78, 5) is 16.7. The second-order valence-electron chi connectivity index (χ2n) is 7.45. The van der Waals surface area contributed by atoms with E-state index in [0.717, 1.165) is 24.5 Å². The number of aromatic nitrogens is 4. The lowest BCUT2D eigenvalue weighted by Gasteiger charge is -2.15. The zero-order chi connectivity index (χ0) is 22.2. The molecule has 1 atom stereocenters. The zero-order valence-corrected chi connectivity index (χ0v) is 19.4. The van der Waals surface area contributed by atoms with Crippen molar-refractivity contribution in [3.05, 3.63) is 59.5 Å². The van der Waals surface area contributed by atoms with E-state index >= 15 is 0 Å². The Hall–Kier alpha value is -2.58. The number of thioether (sulfide) groups is 1. The molecule has 0 aliphatic rings. The number of benzene rings is 1. The van der Waals surface area contributed by atoms with Crippen molar-refractivity contribution in [3.8, 4) is 5.75 Å². The molecule has 1 unspecified atom stereocenters. The monoisotopic (exact) mass is 459 g/mol. The van der Waals surface area contributed by atoms with Gasteiger partial charge in [-0.3, -0.25) is 4.79 Å². The number of ether oxygens (including phenoxy) is 1. The Morgan fingerprint density at radius 1 is 1.16 bits per heavy atom. The number of hydrogen-bond acceptors (Lipinski definition) is 6. The van der Waals surface area contributed by atoms with Crippen molar-refractivity contribution in [2.24, 2.45) is 5.92 Å². The van der Waals surface area contributed by atoms with Crippen LogP contribution in [0.15, 0.2) is 53.8 Å². The van der Waals surface area contributed by atoms with Crippen LogP contribution < -0.4 is 10.1 Å². The number of hydrogen-bond donors (Lipinski definition) is 1. The molecule has 31 heavy (non-hydrogen) atoms. The van der Waals surface area contributed by atoms with E-state index < -0.39 is 0 Å². The first-order valence-electron chi connectivity index (χ1n) is 10.1. The fourth-order valence-corrected chi connectivity index (χ4v) is 3.68. The normalized spacial score (nSPS) is 12.0. The van der Waals surface area contributed by atoms with E-state index in [-0.39, 0.29) is 11.2 Å². The second-order valence-corrected chi connectivity index (χ2v) is 9.19. The summed E-state index contributed by atoms with van der Waals surface area (Å²) < 4.78 is 7.90. The smallest absolute Gasteiger partial charge is 0.238 e. The Balaban J connectivity index is 1.68. The predicted molar refractivity (Wildman–Crippen MR) is 123 cm³/mol. The fourth-order valence-electron chi connectivity index (χ4n) is 2.68. The highest BCUT2D eigenvalue weighted by molar-refractivity contribution is 8.00. The minimum Gasteiger partial charge on any atom is -0.486 e. The maximum Gasteiger partial charge on any atom is 0.238 e. The summed E-state index contributed by atoms with van der Waals surface area (Å²) in [6.07, 6.45) is 2.47. The predicted octanol–water partition coefficient (Wildman–Crippen LogP) is 5.07. The van der Waals surface area contributed by atoms with Crippen molar-refractivity contribution in [3.63, 3.8) is 0 Å². The van der Waals surface area contributed by atoms with Gasteiger partial charge in [0.15, 0.2) is 11.0 Å². The number of nitrogens with one attached hydrogen (secondary N) is 1. The van der Waals surface area contributed by atoms with Crippen LogP contribution in [-0.2, 0) is 17.9 Å². The molecule has 1 N–H and O–H groups in total. The Kier molecular flexibility index (Phi) is 8.31. The number of carbonyl (C=O) groups excluding carboxylic acids is 1. The van der Waals surface area contributed by atoms with Crippen molar-refractivity contribution in [1.29, 1.82) is 0 Å². The molecule has 0 saturated heterocycles. The molecule has 2 heterocycles. The van der Waals surface area contributed by atoms with Gasteiger partial charge in [0.1, 0.15) is 18.2 Å². The summed E-state index contributed by atoms with van der Waals surface area (Å²) in [5.74, 6) is 2.33. The quantitative estimate of drug-likeness (QED) is 0.426. The molecule has 1 amide bonds. The van der Waals surface area contributed by atoms with Gasteiger partial charge in [-0.15, -0.1) is 10.2 Å². The van der Waals surface area contributed by atoms with E-state index in [2.05, 4.69) is 34.3 Å². The molecule has 0 aliphatic heterocycles. The summed E-state index contributed by atoms with van der Waals surface area (Å²) in [5.41, 5.74) is 0. The molecule has 0 saturated carbocycles. The van der Waals surface area contributed by atoms with Crippen molar-refractivity contribution >= 4 is 35.1 Å². The summed E-state index contributed by atoms with van der Waals surface area (Å²) in [6.45, 7) is 7.25. The topological polar surface area (TPSA) is 81.9 Å². The number of carbonyl (C=O) groups is 1. The largest absolute Gasteiger partial charge is 0.486 e. The van der Waals surface area contributed by atoms with E-state index in [1.54, 1.807) is 12.1 Å². The third kappa shape index (κ3) is 6.97. The molecule has 0 spiro atoms. The van der Waals surface area contributed by atoms with Gasteiger partial charge in [-0.25, -0.2) is 4.98 Å². The minimum absolute atomic E-state index is 0.166. The Morgan fingerprint density at radius 2 is 1.94 bits per heavy atom. The first-order valence-corrected chi connectivity index (χ1v) is 11.4. The summed E-state index contributed by atoms with van der Waals surface area (Å²) in [6, 6.07) is 13.0. The first-order chi connectivity index (χ1) is 14.9. The molecule has 9 heteroatoms. The van der Waals surface area contributed by atoms with Gasteiger partial charge in [0.05, 0.1) is 10.3 Å². The fraction of sp³-hybridized carbons (Fsp3) is 0.364. The maximum absolute atomic E-state index is 12.6. The van der Waals surface area contributed by atoms with Gasteiger partial charge in [-0.05, 0) is 43.5 Å². The van der Waals surface area contributed by atoms with Gasteiger partial charge in [0.2, 0.25) is 5.91 Å². The number of para-hydroxylation sites is 1. The first kappa shape index (κ1) is 23.1. The highest BCUT2D eigenvalue weighted by Crippen LogP contribution is 2.25. The van der Waals surface area contributed by atoms with Crippen LogP contribution in [0.25, 0.3) is 0 Å². The lowest BCUT2D eigenvalue weighted by Crippen LogP contribution is -2.23. The Bertz CT molecular complexity index is 979. The summed E-state index contributed by atoms with van der Waals surface area (Å²) in [7, 11) is 0. The molecule has 3 aromatic rings. The number of amides is 1. The van der Waals surface area contributed by atoms with Gasteiger partial charge < -0.3 is 14.6 Å². The van der Waals surface area contributed by atoms with Crippen molar-refractivity contribution in [2.45, 2.75) is 50.8 Å². The molecule has 0 bridgehead atoms. The molecule has 3 rings (SSSR count). The molecule has 0 fully saturated rings. The number of nitrogens with zero attached hydrogens (tertiary/aromatic N) is 4. The molecule has 1 aromatic carbocycles. The lowest BCUT2D eigenvalue weighted by atomic mass is 10.1. The standard InChI is InChI=1S/C22H26ClN5O2S/c1-15(2)11-12-28-20(14-30-18-7-5-4-6-8-18)26-27-22(28)31-16(3)21(29)25-19-10-9-17(23)13-24-19/h4-10,13,15-16H,11-12,14H2,1-3H3,(H,24,25,29). The molecule has 164 valence electrons. The third-order valence-corrected chi connectivity index (χ3v) is 5.77. The molecular formula is C22H26ClN5O2S. The Morgan fingerprint density at radius 3 is 2.61 bits per heavy atom. The van der Waals surface area contributed by atoms with Crippen LogP contribution in [0, 0.1) is 5.92 Å². The van der Waals surface area contributed by atoms with Crippen molar-refractivity contribution in [2.75, 3.05) is 5.32 Å². The SMILES string of the molecule is CC(C)CCn1c(COc2ccccc2)nnc1SC(C)C(=O)Nc1ccc(Cl)cn1. The minimum atomic E-state index is -0.387. The van der Waals surface area contributed by atoms with Gasteiger partial charge in [0.25, 0.3) is 0 Å². The van der Waals surface area contributed by atoms with Gasteiger partial charge in [0, 0.05) is 12.7 Å². The van der Waals surface area contributed by atoms with Crippen LogP contribution in [0.4, 0.5) is 5.82 Å². The molecule has 2 aromatic heterocycles. The van der Waals surface area contributed by atoms with Crippen molar-refractivity contribution in [1.82, 2.24) is 19.7 Å². The average molecular weight is 460 g/mol. The van der Waals surface area contributed by atoms with Gasteiger partial charge in [-0.2, -0.15) is 0 Å². The number of anilines is 1. The van der Waals surface area contributed by atoms with E-state index in [0.29, 0.717) is 28.5 Å². The Labute approximate surface area is 191 Å². The van der Waals surface area contributed by atoms with Crippen LogP contribution in [-0.4, -0.2) is 30.9 Å². The number of pyridine rings is 1. The van der Waals surface area contributed by atoms with Crippen LogP contribution in [0.5, 0.6) is 5.75 Å². The summed E-state index contributed by atoms with van der Waals surface area (Å²) >= 11 is 7.21. The highest BCUT2D eigenvalue weighted by atomic mass is 35.5. The highest BCUT2D eigenvalue weighted by Gasteiger charge is 2.21. The third-order valence-electron chi connectivity index (χ3n) is 4.46. The van der Waals surface area contributed by atoms with Crippen LogP contribution in [0.3, 0.4) is 0 Å². The van der Waals surface area contributed by atoms with Gasteiger partial charge in [-0.1, -0.05) is 55.4 Å². The van der Waals surface area contributed by atoms with Crippen molar-refractivity contribution < 1.29 is 9.53 Å². The lowest BCUT2D eigenvalue weighted by molar-refractivity contribution is -0.115. The van der Waals surface area contributed by atoms with Crippen LogP contribution >= 0.6 is 23.4 Å². The number of rotatable bonds is 10. The van der Waals surface area contributed by atoms with E-state index in [1.165, 1.54) is 18.0 Å².